The Kier molecular flexibility index (Phi) is 4.67. The van der Waals surface area contributed by atoms with Crippen molar-refractivity contribution < 1.29 is 14.1 Å². The molecule has 1 heterocycles. The van der Waals surface area contributed by atoms with Crippen molar-refractivity contribution in [3.8, 4) is 11.3 Å². The Balaban J connectivity index is 1.65. The van der Waals surface area contributed by atoms with Crippen LogP contribution in [0.2, 0.25) is 5.02 Å². The number of rotatable bonds is 4. The fourth-order valence-electron chi connectivity index (χ4n) is 2.22. The molecule has 0 amide bonds. The Morgan fingerprint density at radius 2 is 1.83 bits per heavy atom. The lowest BCUT2D eigenvalue weighted by molar-refractivity contribution is 0.0464. The van der Waals surface area contributed by atoms with E-state index in [1.165, 1.54) is 0 Å². The van der Waals surface area contributed by atoms with Gasteiger partial charge in [0.15, 0.2) is 5.76 Å². The van der Waals surface area contributed by atoms with E-state index in [2.05, 4.69) is 5.16 Å². The van der Waals surface area contributed by atoms with E-state index in [0.29, 0.717) is 22.0 Å². The molecule has 0 spiro atoms. The second kappa shape index (κ2) is 6.89. The summed E-state index contributed by atoms with van der Waals surface area (Å²) in [6, 6.07) is 14.5. The molecule has 4 nitrogen and oxygen atoms in total. The minimum absolute atomic E-state index is 0.0584. The van der Waals surface area contributed by atoms with Gasteiger partial charge in [-0.2, -0.15) is 0 Å². The molecule has 0 atom stereocenters. The summed E-state index contributed by atoms with van der Waals surface area (Å²) in [5.41, 5.74) is 4.13. The molecule has 0 fully saturated rings. The highest BCUT2D eigenvalue weighted by Gasteiger charge is 2.11. The average Bonchev–Trinajstić information content (AvgIpc) is 3.05. The molecule has 0 bridgehead atoms. The first kappa shape index (κ1) is 16.3. The molecule has 3 rings (SSSR count). The number of aryl methyl sites for hydroxylation is 2. The van der Waals surface area contributed by atoms with Crippen LogP contribution in [0.1, 0.15) is 27.2 Å². The Morgan fingerprint density at radius 3 is 2.54 bits per heavy atom. The molecule has 2 aromatic carbocycles. The SMILES string of the molecule is Cc1ccc(C(=O)OCc2cc(-c3ccc(Cl)cc3)on2)cc1C. The molecule has 5 heteroatoms. The summed E-state index contributed by atoms with van der Waals surface area (Å²) in [5.74, 6) is 0.220. The van der Waals surface area contributed by atoms with Crippen molar-refractivity contribution in [3.05, 3.63) is 75.9 Å². The molecule has 3 aromatic rings. The zero-order valence-corrected chi connectivity index (χ0v) is 14.1. The molecule has 0 unspecified atom stereocenters. The number of esters is 1. The van der Waals surface area contributed by atoms with Crippen molar-refractivity contribution in [1.29, 1.82) is 0 Å². The Morgan fingerprint density at radius 1 is 1.08 bits per heavy atom. The fourth-order valence-corrected chi connectivity index (χ4v) is 2.35. The Labute approximate surface area is 145 Å². The molecular weight excluding hydrogens is 326 g/mol. The lowest BCUT2D eigenvalue weighted by Crippen LogP contribution is -2.06. The van der Waals surface area contributed by atoms with E-state index >= 15 is 0 Å². The van der Waals surface area contributed by atoms with Crippen molar-refractivity contribution >= 4 is 17.6 Å². The van der Waals surface area contributed by atoms with Crippen LogP contribution in [0.5, 0.6) is 0 Å². The van der Waals surface area contributed by atoms with Gasteiger partial charge in [-0.1, -0.05) is 22.8 Å². The summed E-state index contributed by atoms with van der Waals surface area (Å²) in [4.78, 5) is 12.1. The zero-order chi connectivity index (χ0) is 17.1. The van der Waals surface area contributed by atoms with E-state index in [1.54, 1.807) is 24.3 Å². The second-order valence-corrected chi connectivity index (χ2v) is 6.00. The van der Waals surface area contributed by atoms with Crippen molar-refractivity contribution in [2.45, 2.75) is 20.5 Å². The lowest BCUT2D eigenvalue weighted by atomic mass is 10.1. The van der Waals surface area contributed by atoms with Gasteiger partial charge in [-0.15, -0.1) is 0 Å². The van der Waals surface area contributed by atoms with E-state index in [9.17, 15) is 4.79 Å². The minimum atomic E-state index is -0.380. The van der Waals surface area contributed by atoms with Gasteiger partial charge in [-0.3, -0.25) is 0 Å². The van der Waals surface area contributed by atoms with Crippen LogP contribution in [0.3, 0.4) is 0 Å². The van der Waals surface area contributed by atoms with E-state index in [0.717, 1.165) is 16.7 Å². The number of halogens is 1. The molecule has 122 valence electrons. The predicted octanol–water partition coefficient (Wildman–Crippen LogP) is 4.97. The van der Waals surface area contributed by atoms with Crippen LogP contribution in [0.25, 0.3) is 11.3 Å². The van der Waals surface area contributed by atoms with Gasteiger partial charge in [0.05, 0.1) is 5.56 Å². The highest BCUT2D eigenvalue weighted by molar-refractivity contribution is 6.30. The van der Waals surface area contributed by atoms with E-state index in [1.807, 2.05) is 38.1 Å². The van der Waals surface area contributed by atoms with Crippen LogP contribution in [0, 0.1) is 13.8 Å². The van der Waals surface area contributed by atoms with E-state index < -0.39 is 0 Å². The van der Waals surface area contributed by atoms with Gasteiger partial charge in [0.2, 0.25) is 0 Å². The molecule has 0 saturated heterocycles. The van der Waals surface area contributed by atoms with Gasteiger partial charge in [-0.25, -0.2) is 4.79 Å². The third-order valence-corrected chi connectivity index (χ3v) is 4.03. The number of nitrogens with zero attached hydrogens (tertiary/aromatic N) is 1. The van der Waals surface area contributed by atoms with Crippen molar-refractivity contribution in [1.82, 2.24) is 5.16 Å². The molecule has 0 aliphatic heterocycles. The number of hydrogen-bond donors (Lipinski definition) is 0. The number of benzene rings is 2. The summed E-state index contributed by atoms with van der Waals surface area (Å²) in [7, 11) is 0. The minimum Gasteiger partial charge on any atom is -0.455 e. The molecule has 1 aromatic heterocycles. The van der Waals surface area contributed by atoms with Gasteiger partial charge in [-0.05, 0) is 61.4 Å². The lowest BCUT2D eigenvalue weighted by Gasteiger charge is -2.05. The number of ether oxygens (including phenoxy) is 1. The zero-order valence-electron chi connectivity index (χ0n) is 13.4. The van der Waals surface area contributed by atoms with Crippen molar-refractivity contribution in [2.24, 2.45) is 0 Å². The van der Waals surface area contributed by atoms with Gasteiger partial charge in [0, 0.05) is 16.7 Å². The van der Waals surface area contributed by atoms with Crippen molar-refractivity contribution in [3.63, 3.8) is 0 Å². The highest BCUT2D eigenvalue weighted by atomic mass is 35.5. The summed E-state index contributed by atoms with van der Waals surface area (Å²) in [6.45, 7) is 4.02. The number of aromatic nitrogens is 1. The summed E-state index contributed by atoms with van der Waals surface area (Å²) in [6.07, 6.45) is 0. The molecule has 0 aliphatic carbocycles. The molecule has 0 radical (unpaired) electrons. The maximum absolute atomic E-state index is 12.1. The van der Waals surface area contributed by atoms with E-state index in [4.69, 9.17) is 20.9 Å². The molecule has 24 heavy (non-hydrogen) atoms. The van der Waals surface area contributed by atoms with Crippen LogP contribution >= 0.6 is 11.6 Å². The second-order valence-electron chi connectivity index (χ2n) is 5.56. The monoisotopic (exact) mass is 341 g/mol. The third-order valence-electron chi connectivity index (χ3n) is 3.78. The number of hydrogen-bond acceptors (Lipinski definition) is 4. The first-order chi connectivity index (χ1) is 11.5. The maximum Gasteiger partial charge on any atom is 0.338 e. The first-order valence-corrected chi connectivity index (χ1v) is 7.86. The predicted molar refractivity (Wildman–Crippen MR) is 92.0 cm³/mol. The molecule has 0 N–H and O–H groups in total. The van der Waals surface area contributed by atoms with Crippen LogP contribution in [-0.4, -0.2) is 11.1 Å². The molecule has 0 saturated carbocycles. The normalized spacial score (nSPS) is 10.6. The average molecular weight is 342 g/mol. The summed E-state index contributed by atoms with van der Waals surface area (Å²) >= 11 is 5.86. The Hall–Kier alpha value is -2.59. The van der Waals surface area contributed by atoms with Gasteiger partial charge in [0.1, 0.15) is 12.3 Å². The quantitative estimate of drug-likeness (QED) is 0.629. The fraction of sp³-hybridized carbons (Fsp3) is 0.158. The standard InChI is InChI=1S/C19H16ClNO3/c1-12-3-4-15(9-13(12)2)19(22)23-11-17-10-18(24-21-17)14-5-7-16(20)8-6-14/h3-10H,11H2,1-2H3. The van der Waals surface area contributed by atoms with Gasteiger partial charge in [0.25, 0.3) is 0 Å². The summed E-state index contributed by atoms with van der Waals surface area (Å²) in [5, 5.41) is 4.58. The number of carbonyl (C=O) groups is 1. The summed E-state index contributed by atoms with van der Waals surface area (Å²) < 4.78 is 10.6. The van der Waals surface area contributed by atoms with Crippen LogP contribution in [-0.2, 0) is 11.3 Å². The van der Waals surface area contributed by atoms with Gasteiger partial charge < -0.3 is 9.26 Å². The highest BCUT2D eigenvalue weighted by Crippen LogP contribution is 2.22. The van der Waals surface area contributed by atoms with Crippen LogP contribution < -0.4 is 0 Å². The van der Waals surface area contributed by atoms with Crippen LogP contribution in [0.4, 0.5) is 0 Å². The Bertz CT molecular complexity index is 869. The number of carbonyl (C=O) groups excluding carboxylic acids is 1. The molecule has 0 aliphatic rings. The third kappa shape index (κ3) is 3.66. The smallest absolute Gasteiger partial charge is 0.338 e. The first-order valence-electron chi connectivity index (χ1n) is 7.49. The maximum atomic E-state index is 12.1. The topological polar surface area (TPSA) is 52.3 Å². The largest absolute Gasteiger partial charge is 0.455 e. The van der Waals surface area contributed by atoms with Crippen LogP contribution in [0.15, 0.2) is 53.1 Å². The van der Waals surface area contributed by atoms with Crippen molar-refractivity contribution in [2.75, 3.05) is 0 Å². The molecular formula is C19H16ClNO3. The van der Waals surface area contributed by atoms with E-state index in [-0.39, 0.29) is 12.6 Å². The van der Waals surface area contributed by atoms with Gasteiger partial charge >= 0.3 is 5.97 Å².